The third-order valence-electron chi connectivity index (χ3n) is 5.42. The number of piperidine rings is 1. The highest BCUT2D eigenvalue weighted by Gasteiger charge is 2.21. The first kappa shape index (κ1) is 21.3. The second-order valence-electron chi connectivity index (χ2n) is 7.59. The van der Waals surface area contributed by atoms with Crippen LogP contribution in [0.25, 0.3) is 22.4 Å². The maximum atomic E-state index is 13.0. The zero-order valence-corrected chi connectivity index (χ0v) is 17.8. The molecule has 0 saturated carbocycles. The molecule has 3 aromatic heterocycles. The summed E-state index contributed by atoms with van der Waals surface area (Å²) in [6.45, 7) is 8.38. The molecule has 2 N–H and O–H groups in total. The second kappa shape index (κ2) is 8.97. The number of amides is 1. The first-order valence-electron chi connectivity index (χ1n) is 9.86. The van der Waals surface area contributed by atoms with Gasteiger partial charge in [-0.25, -0.2) is 4.98 Å². The van der Waals surface area contributed by atoms with Gasteiger partial charge in [-0.3, -0.25) is 4.79 Å². The number of rotatable bonds is 5. The van der Waals surface area contributed by atoms with Gasteiger partial charge in [-0.05, 0) is 71.2 Å². The van der Waals surface area contributed by atoms with Crippen molar-refractivity contribution in [3.05, 3.63) is 34.9 Å². The molecular formula is C21H27ClN4O3. The number of aryl methyl sites for hydroxylation is 3. The Morgan fingerprint density at radius 3 is 2.83 bits per heavy atom. The van der Waals surface area contributed by atoms with E-state index in [9.17, 15) is 4.79 Å². The Morgan fingerprint density at radius 1 is 1.31 bits per heavy atom. The molecule has 0 radical (unpaired) electrons. The van der Waals surface area contributed by atoms with E-state index in [0.29, 0.717) is 40.5 Å². The zero-order chi connectivity index (χ0) is 19.7. The van der Waals surface area contributed by atoms with Crippen molar-refractivity contribution < 1.29 is 13.7 Å². The van der Waals surface area contributed by atoms with Crippen LogP contribution in [0, 0.1) is 26.7 Å². The summed E-state index contributed by atoms with van der Waals surface area (Å²) < 4.78 is 11.0. The molecule has 8 heteroatoms. The molecule has 1 saturated heterocycles. The molecule has 29 heavy (non-hydrogen) atoms. The molecule has 1 aliphatic rings. The van der Waals surface area contributed by atoms with E-state index in [-0.39, 0.29) is 18.3 Å². The summed E-state index contributed by atoms with van der Waals surface area (Å²) in [5.41, 5.74) is 3.08. The molecule has 0 aliphatic carbocycles. The van der Waals surface area contributed by atoms with E-state index in [2.05, 4.69) is 20.8 Å². The Morgan fingerprint density at radius 2 is 2.14 bits per heavy atom. The van der Waals surface area contributed by atoms with Gasteiger partial charge in [-0.1, -0.05) is 5.16 Å². The summed E-state index contributed by atoms with van der Waals surface area (Å²) >= 11 is 0. The Kier molecular flexibility index (Phi) is 6.59. The lowest BCUT2D eigenvalue weighted by atomic mass is 9.96. The summed E-state index contributed by atoms with van der Waals surface area (Å²) in [6, 6.07) is 3.73. The normalized spacial score (nSPS) is 16.6. The van der Waals surface area contributed by atoms with Gasteiger partial charge in [0.05, 0.1) is 22.3 Å². The first-order chi connectivity index (χ1) is 13.5. The predicted molar refractivity (Wildman–Crippen MR) is 114 cm³/mol. The van der Waals surface area contributed by atoms with E-state index in [1.807, 2.05) is 26.8 Å². The number of furan rings is 1. The number of carbonyl (C=O) groups excluding carboxylic acids is 1. The summed E-state index contributed by atoms with van der Waals surface area (Å²) in [5.74, 6) is 2.06. The van der Waals surface area contributed by atoms with Gasteiger partial charge in [-0.15, -0.1) is 12.4 Å². The van der Waals surface area contributed by atoms with Crippen LogP contribution in [0.1, 0.15) is 46.8 Å². The number of hydrogen-bond acceptors (Lipinski definition) is 6. The summed E-state index contributed by atoms with van der Waals surface area (Å²) in [6.07, 6.45) is 3.40. The average molecular weight is 419 g/mol. The minimum atomic E-state index is -0.124. The standard InChI is InChI=1S/C21H26N4O3.ClH/c1-12-9-16(14(3)27-12)18-10-17(19-13(2)25-28-21(19)24-18)20(26)23-8-6-15-5-4-7-22-11-15;/h9-10,15,22H,4-8,11H2,1-3H3,(H,23,26);1H. The van der Waals surface area contributed by atoms with Crippen LogP contribution in [0.5, 0.6) is 0 Å². The van der Waals surface area contributed by atoms with Crippen LogP contribution in [-0.2, 0) is 0 Å². The fraction of sp³-hybridized carbons (Fsp3) is 0.476. The van der Waals surface area contributed by atoms with Gasteiger partial charge in [-0.2, -0.15) is 0 Å². The zero-order valence-electron chi connectivity index (χ0n) is 17.0. The quantitative estimate of drug-likeness (QED) is 0.651. The fourth-order valence-corrected chi connectivity index (χ4v) is 3.95. The molecule has 7 nitrogen and oxygen atoms in total. The van der Waals surface area contributed by atoms with Crippen molar-refractivity contribution in [2.45, 2.75) is 40.0 Å². The number of aromatic nitrogens is 2. The minimum absolute atomic E-state index is 0. The lowest BCUT2D eigenvalue weighted by Crippen LogP contribution is -2.33. The van der Waals surface area contributed by atoms with E-state index in [4.69, 9.17) is 8.94 Å². The molecule has 1 aliphatic heterocycles. The molecule has 1 amide bonds. The molecule has 4 rings (SSSR count). The molecule has 0 bridgehead atoms. The largest absolute Gasteiger partial charge is 0.466 e. The number of halogens is 1. The Bertz CT molecular complexity index is 1000. The van der Waals surface area contributed by atoms with Crippen LogP contribution in [0.3, 0.4) is 0 Å². The Balaban J connectivity index is 0.00000240. The lowest BCUT2D eigenvalue weighted by molar-refractivity contribution is 0.0952. The van der Waals surface area contributed by atoms with Crippen molar-refractivity contribution in [2.24, 2.45) is 5.92 Å². The molecule has 4 heterocycles. The van der Waals surface area contributed by atoms with Gasteiger partial charge >= 0.3 is 0 Å². The molecule has 1 fully saturated rings. The number of fused-ring (bicyclic) bond motifs is 1. The number of pyridine rings is 1. The third-order valence-corrected chi connectivity index (χ3v) is 5.42. The van der Waals surface area contributed by atoms with Gasteiger partial charge in [0.2, 0.25) is 0 Å². The van der Waals surface area contributed by atoms with E-state index < -0.39 is 0 Å². The molecule has 1 atom stereocenters. The number of hydrogen-bond donors (Lipinski definition) is 2. The SMILES string of the molecule is Cc1cc(-c2cc(C(=O)NCCC3CCCNC3)c3c(C)noc3n2)c(C)o1.Cl. The number of nitrogens with one attached hydrogen (secondary N) is 2. The topological polar surface area (TPSA) is 93.2 Å². The third kappa shape index (κ3) is 4.46. The predicted octanol–water partition coefficient (Wildman–Crippen LogP) is 3.95. The highest BCUT2D eigenvalue weighted by Crippen LogP contribution is 2.30. The van der Waals surface area contributed by atoms with E-state index >= 15 is 0 Å². The van der Waals surface area contributed by atoms with E-state index in [0.717, 1.165) is 36.6 Å². The van der Waals surface area contributed by atoms with E-state index in [1.54, 1.807) is 6.07 Å². The monoisotopic (exact) mass is 418 g/mol. The van der Waals surface area contributed by atoms with Gasteiger partial charge in [0.25, 0.3) is 11.6 Å². The lowest BCUT2D eigenvalue weighted by Gasteiger charge is -2.22. The molecule has 1 unspecified atom stereocenters. The number of carbonyl (C=O) groups is 1. The maximum Gasteiger partial charge on any atom is 0.259 e. The van der Waals surface area contributed by atoms with Crippen LogP contribution in [0.15, 0.2) is 21.1 Å². The van der Waals surface area contributed by atoms with Crippen molar-refractivity contribution in [1.29, 1.82) is 0 Å². The Labute approximate surface area is 176 Å². The van der Waals surface area contributed by atoms with Crippen LogP contribution in [0.4, 0.5) is 0 Å². The van der Waals surface area contributed by atoms with Crippen LogP contribution in [0.2, 0.25) is 0 Å². The fourth-order valence-electron chi connectivity index (χ4n) is 3.95. The highest BCUT2D eigenvalue weighted by atomic mass is 35.5. The van der Waals surface area contributed by atoms with Crippen molar-refractivity contribution >= 4 is 29.4 Å². The molecule has 0 aromatic carbocycles. The highest BCUT2D eigenvalue weighted by molar-refractivity contribution is 6.07. The molecular weight excluding hydrogens is 392 g/mol. The summed E-state index contributed by atoms with van der Waals surface area (Å²) in [5, 5.41) is 11.2. The smallest absolute Gasteiger partial charge is 0.259 e. The van der Waals surface area contributed by atoms with Crippen LogP contribution < -0.4 is 10.6 Å². The molecule has 156 valence electrons. The minimum Gasteiger partial charge on any atom is -0.466 e. The average Bonchev–Trinajstić information content (AvgIpc) is 3.23. The molecule has 0 spiro atoms. The van der Waals surface area contributed by atoms with Crippen LogP contribution >= 0.6 is 12.4 Å². The van der Waals surface area contributed by atoms with Gasteiger partial charge in [0, 0.05) is 12.1 Å². The van der Waals surface area contributed by atoms with Crippen LogP contribution in [-0.4, -0.2) is 35.7 Å². The summed E-state index contributed by atoms with van der Waals surface area (Å²) in [7, 11) is 0. The Hall–Kier alpha value is -2.38. The van der Waals surface area contributed by atoms with Crippen molar-refractivity contribution in [1.82, 2.24) is 20.8 Å². The van der Waals surface area contributed by atoms with Gasteiger partial charge in [0.1, 0.15) is 11.5 Å². The second-order valence-corrected chi connectivity index (χ2v) is 7.59. The molecule has 3 aromatic rings. The van der Waals surface area contributed by atoms with Gasteiger partial charge in [0.15, 0.2) is 0 Å². The number of nitrogens with zero attached hydrogens (tertiary/aromatic N) is 2. The van der Waals surface area contributed by atoms with Gasteiger partial charge < -0.3 is 19.6 Å². The van der Waals surface area contributed by atoms with E-state index in [1.165, 1.54) is 12.8 Å². The maximum absolute atomic E-state index is 13.0. The van der Waals surface area contributed by atoms with Crippen molar-refractivity contribution in [3.63, 3.8) is 0 Å². The van der Waals surface area contributed by atoms with Crippen molar-refractivity contribution in [2.75, 3.05) is 19.6 Å². The van der Waals surface area contributed by atoms with Crippen molar-refractivity contribution in [3.8, 4) is 11.3 Å². The first-order valence-corrected chi connectivity index (χ1v) is 9.86. The summed E-state index contributed by atoms with van der Waals surface area (Å²) in [4.78, 5) is 17.5.